The molecule has 4 heterocycles. The lowest BCUT2D eigenvalue weighted by Crippen LogP contribution is -2.23. The summed E-state index contributed by atoms with van der Waals surface area (Å²) in [5, 5.41) is 9.52. The van der Waals surface area contributed by atoms with E-state index in [9.17, 15) is 0 Å². The molecule has 0 radical (unpaired) electrons. The van der Waals surface area contributed by atoms with E-state index in [0.717, 1.165) is 53.9 Å². The largest absolute Gasteiger partial charge is 0.377 e. The molecule has 1 unspecified atom stereocenters. The number of nitrogens with zero attached hydrogens (tertiary/aromatic N) is 5. The lowest BCUT2D eigenvalue weighted by Gasteiger charge is -2.24. The lowest BCUT2D eigenvalue weighted by atomic mass is 9.97. The van der Waals surface area contributed by atoms with Crippen molar-refractivity contribution in [2.75, 3.05) is 12.4 Å². The Hall–Kier alpha value is -2.06. The third-order valence-electron chi connectivity index (χ3n) is 5.43. The number of fused-ring (bicyclic) bond motifs is 4. The van der Waals surface area contributed by atoms with Gasteiger partial charge in [-0.25, -0.2) is 19.6 Å². The van der Waals surface area contributed by atoms with E-state index in [1.54, 1.807) is 7.11 Å². The molecule has 1 atom stereocenters. The molecule has 2 aliphatic rings. The molecule has 27 heavy (non-hydrogen) atoms. The molecule has 5 rings (SSSR count). The van der Waals surface area contributed by atoms with Crippen LogP contribution in [0.2, 0.25) is 0 Å². The summed E-state index contributed by atoms with van der Waals surface area (Å²) >= 11 is 1.85. The monoisotopic (exact) mass is 384 g/mol. The van der Waals surface area contributed by atoms with Gasteiger partial charge in [-0.1, -0.05) is 0 Å². The minimum atomic E-state index is 0.119. The van der Waals surface area contributed by atoms with Crippen LogP contribution in [-0.4, -0.2) is 31.8 Å². The van der Waals surface area contributed by atoms with E-state index in [1.165, 1.54) is 35.1 Å². The van der Waals surface area contributed by atoms with Gasteiger partial charge in [-0.05, 0) is 51.0 Å². The van der Waals surface area contributed by atoms with E-state index in [4.69, 9.17) is 19.7 Å². The Kier molecular flexibility index (Phi) is 4.32. The van der Waals surface area contributed by atoms with Gasteiger partial charge >= 0.3 is 0 Å². The van der Waals surface area contributed by atoms with E-state index in [0.29, 0.717) is 6.61 Å². The second-order valence-corrected chi connectivity index (χ2v) is 8.48. The van der Waals surface area contributed by atoms with Crippen LogP contribution in [0.15, 0.2) is 0 Å². The van der Waals surface area contributed by atoms with Crippen LogP contribution in [0.3, 0.4) is 0 Å². The number of methoxy groups -OCH3 is 1. The summed E-state index contributed by atoms with van der Waals surface area (Å²) in [5.74, 6) is 3.52. The van der Waals surface area contributed by atoms with Crippen molar-refractivity contribution in [3.63, 3.8) is 0 Å². The molecule has 1 N–H and O–H groups in total. The standard InChI is InChI=1S/C19H24N6OS/c1-11-20-17(16-12-6-3-4-8-14(12)27-19(16)21-11)22-13-7-5-9-25-18(13)23-15(24-25)10-26-2/h13H,3-10H2,1-2H3,(H,20,21,22). The van der Waals surface area contributed by atoms with Gasteiger partial charge in [-0.15, -0.1) is 11.3 Å². The number of hydrogen-bond donors (Lipinski definition) is 1. The van der Waals surface area contributed by atoms with Crippen molar-refractivity contribution in [3.8, 4) is 0 Å². The number of rotatable bonds is 4. The quantitative estimate of drug-likeness (QED) is 0.741. The zero-order valence-electron chi connectivity index (χ0n) is 15.8. The average Bonchev–Trinajstić information content (AvgIpc) is 3.23. The van der Waals surface area contributed by atoms with Crippen molar-refractivity contribution in [1.29, 1.82) is 0 Å². The molecule has 3 aromatic rings. The molecule has 0 amide bonds. The van der Waals surface area contributed by atoms with Crippen LogP contribution in [0.4, 0.5) is 5.82 Å². The Labute approximate surface area is 162 Å². The summed E-state index contributed by atoms with van der Waals surface area (Å²) in [6.07, 6.45) is 6.95. The SMILES string of the molecule is COCc1nc2n(n1)CCCC2Nc1nc(C)nc2sc3c(c12)CCCC3. The minimum Gasteiger partial charge on any atom is -0.377 e. The third-order valence-corrected chi connectivity index (χ3v) is 6.62. The van der Waals surface area contributed by atoms with Gasteiger partial charge in [0.25, 0.3) is 0 Å². The Bertz CT molecular complexity index is 994. The normalized spacial score (nSPS) is 19.1. The first-order valence-corrected chi connectivity index (χ1v) is 10.5. The van der Waals surface area contributed by atoms with Crippen molar-refractivity contribution in [2.24, 2.45) is 0 Å². The zero-order chi connectivity index (χ0) is 18.4. The van der Waals surface area contributed by atoms with E-state index >= 15 is 0 Å². The molecule has 0 spiro atoms. The van der Waals surface area contributed by atoms with Crippen LogP contribution in [0.25, 0.3) is 10.2 Å². The van der Waals surface area contributed by atoms with Crippen LogP contribution in [0, 0.1) is 6.92 Å². The summed E-state index contributed by atoms with van der Waals surface area (Å²) in [5.41, 5.74) is 1.46. The van der Waals surface area contributed by atoms with Gasteiger partial charge in [-0.3, -0.25) is 0 Å². The molecular weight excluding hydrogens is 360 g/mol. The highest BCUT2D eigenvalue weighted by molar-refractivity contribution is 7.19. The topological polar surface area (TPSA) is 77.8 Å². The van der Waals surface area contributed by atoms with Gasteiger partial charge in [0.1, 0.15) is 28.9 Å². The molecule has 1 aliphatic carbocycles. The number of thiophene rings is 1. The first kappa shape index (κ1) is 17.1. The Morgan fingerprint density at radius 1 is 1.19 bits per heavy atom. The summed E-state index contributed by atoms with van der Waals surface area (Å²) in [6.45, 7) is 3.33. The summed E-state index contributed by atoms with van der Waals surface area (Å²) in [4.78, 5) is 16.9. The fourth-order valence-corrected chi connectivity index (χ4v) is 5.57. The van der Waals surface area contributed by atoms with Gasteiger partial charge in [0, 0.05) is 18.5 Å². The van der Waals surface area contributed by atoms with Gasteiger partial charge < -0.3 is 10.1 Å². The number of aryl methyl sites for hydroxylation is 4. The van der Waals surface area contributed by atoms with Gasteiger partial charge in [0.2, 0.25) is 0 Å². The van der Waals surface area contributed by atoms with Gasteiger partial charge in [-0.2, -0.15) is 5.10 Å². The van der Waals surface area contributed by atoms with Crippen molar-refractivity contribution in [3.05, 3.63) is 27.9 Å². The molecule has 1 aliphatic heterocycles. The third kappa shape index (κ3) is 3.00. The maximum atomic E-state index is 5.21. The fraction of sp³-hybridized carbons (Fsp3) is 0.579. The molecular formula is C19H24N6OS. The van der Waals surface area contributed by atoms with Crippen molar-refractivity contribution >= 4 is 27.4 Å². The Morgan fingerprint density at radius 2 is 2.07 bits per heavy atom. The Morgan fingerprint density at radius 3 is 2.96 bits per heavy atom. The number of nitrogens with one attached hydrogen (secondary N) is 1. The highest BCUT2D eigenvalue weighted by atomic mass is 32.1. The lowest BCUT2D eigenvalue weighted by molar-refractivity contribution is 0.177. The van der Waals surface area contributed by atoms with Crippen LogP contribution < -0.4 is 5.32 Å². The zero-order valence-corrected chi connectivity index (χ0v) is 16.6. The van der Waals surface area contributed by atoms with E-state index < -0.39 is 0 Å². The minimum absolute atomic E-state index is 0.119. The molecule has 8 heteroatoms. The second-order valence-electron chi connectivity index (χ2n) is 7.39. The molecule has 3 aromatic heterocycles. The molecule has 0 saturated carbocycles. The van der Waals surface area contributed by atoms with E-state index in [-0.39, 0.29) is 6.04 Å². The number of ether oxygens (including phenoxy) is 1. The van der Waals surface area contributed by atoms with Crippen LogP contribution in [-0.2, 0) is 30.7 Å². The fourth-order valence-electron chi connectivity index (χ4n) is 4.26. The summed E-state index contributed by atoms with van der Waals surface area (Å²) < 4.78 is 7.22. The highest BCUT2D eigenvalue weighted by Gasteiger charge is 2.27. The molecule has 7 nitrogen and oxygen atoms in total. The van der Waals surface area contributed by atoms with Crippen molar-refractivity contribution < 1.29 is 4.74 Å². The van der Waals surface area contributed by atoms with E-state index in [1.807, 2.05) is 22.9 Å². The van der Waals surface area contributed by atoms with Crippen molar-refractivity contribution in [2.45, 2.75) is 64.6 Å². The highest BCUT2D eigenvalue weighted by Crippen LogP contribution is 2.40. The Balaban J connectivity index is 1.55. The molecule has 0 fully saturated rings. The molecule has 0 aromatic carbocycles. The second kappa shape index (κ2) is 6.83. The molecule has 142 valence electrons. The maximum Gasteiger partial charge on any atom is 0.176 e. The van der Waals surface area contributed by atoms with Crippen LogP contribution in [0.5, 0.6) is 0 Å². The predicted octanol–water partition coefficient (Wildman–Crippen LogP) is 3.56. The smallest absolute Gasteiger partial charge is 0.176 e. The maximum absolute atomic E-state index is 5.21. The first-order chi connectivity index (χ1) is 13.2. The summed E-state index contributed by atoms with van der Waals surface area (Å²) in [6, 6.07) is 0.119. The predicted molar refractivity (Wildman–Crippen MR) is 105 cm³/mol. The number of aromatic nitrogens is 5. The first-order valence-electron chi connectivity index (χ1n) is 9.71. The number of hydrogen-bond acceptors (Lipinski definition) is 7. The summed E-state index contributed by atoms with van der Waals surface area (Å²) in [7, 11) is 1.68. The van der Waals surface area contributed by atoms with E-state index in [2.05, 4.69) is 10.4 Å². The van der Waals surface area contributed by atoms with Gasteiger partial charge in [0.15, 0.2) is 5.82 Å². The average molecular weight is 385 g/mol. The molecule has 0 bridgehead atoms. The van der Waals surface area contributed by atoms with Crippen LogP contribution >= 0.6 is 11.3 Å². The van der Waals surface area contributed by atoms with Crippen LogP contribution in [0.1, 0.15) is 59.6 Å². The molecule has 0 saturated heterocycles. The number of anilines is 1. The van der Waals surface area contributed by atoms with Gasteiger partial charge in [0.05, 0.1) is 11.4 Å². The van der Waals surface area contributed by atoms with Crippen molar-refractivity contribution in [1.82, 2.24) is 24.7 Å².